The highest BCUT2D eigenvalue weighted by atomic mass is 19.1. The van der Waals surface area contributed by atoms with Crippen LogP contribution < -0.4 is 5.32 Å². The van der Waals surface area contributed by atoms with E-state index in [2.05, 4.69) is 15.6 Å². The Morgan fingerprint density at radius 1 is 1.11 bits per heavy atom. The SMILES string of the molecule is O=C(O)CC(NC(=O)Cn1cc(-c2ccccc2)nn1)c1ccc(F)cc1. The van der Waals surface area contributed by atoms with Gasteiger partial charge in [0, 0.05) is 5.56 Å². The van der Waals surface area contributed by atoms with Crippen molar-refractivity contribution in [2.75, 3.05) is 0 Å². The molecule has 0 aliphatic heterocycles. The van der Waals surface area contributed by atoms with E-state index in [1.807, 2.05) is 30.3 Å². The molecule has 0 saturated carbocycles. The van der Waals surface area contributed by atoms with Crippen molar-refractivity contribution in [1.82, 2.24) is 20.3 Å². The summed E-state index contributed by atoms with van der Waals surface area (Å²) >= 11 is 0. The number of carboxylic acids is 1. The Morgan fingerprint density at radius 2 is 1.81 bits per heavy atom. The summed E-state index contributed by atoms with van der Waals surface area (Å²) < 4.78 is 14.5. The molecule has 3 aromatic rings. The minimum absolute atomic E-state index is 0.114. The van der Waals surface area contributed by atoms with E-state index in [1.165, 1.54) is 28.9 Å². The number of hydrogen-bond acceptors (Lipinski definition) is 4. The standard InChI is InChI=1S/C19H17FN4O3/c20-15-8-6-14(7-9-15)16(10-19(26)27)21-18(25)12-24-11-17(22-23-24)13-4-2-1-3-5-13/h1-9,11,16H,10,12H2,(H,21,25)(H,26,27). The van der Waals surface area contributed by atoms with Crippen molar-refractivity contribution in [1.29, 1.82) is 0 Å². The lowest BCUT2D eigenvalue weighted by Gasteiger charge is -2.17. The van der Waals surface area contributed by atoms with E-state index in [0.29, 0.717) is 11.3 Å². The molecule has 1 amide bonds. The van der Waals surface area contributed by atoms with Gasteiger partial charge in [-0.3, -0.25) is 9.59 Å². The van der Waals surface area contributed by atoms with Crippen LogP contribution >= 0.6 is 0 Å². The van der Waals surface area contributed by atoms with Gasteiger partial charge in [0.2, 0.25) is 5.91 Å². The largest absolute Gasteiger partial charge is 0.481 e. The maximum absolute atomic E-state index is 13.1. The van der Waals surface area contributed by atoms with E-state index in [1.54, 1.807) is 6.20 Å². The molecular formula is C19H17FN4O3. The van der Waals surface area contributed by atoms with Crippen molar-refractivity contribution in [2.24, 2.45) is 0 Å². The number of aromatic nitrogens is 3. The van der Waals surface area contributed by atoms with Crippen molar-refractivity contribution < 1.29 is 19.1 Å². The molecule has 1 atom stereocenters. The van der Waals surface area contributed by atoms with Crippen LogP contribution in [0.15, 0.2) is 60.8 Å². The first-order valence-electron chi connectivity index (χ1n) is 8.23. The number of carboxylic acid groups (broad SMARTS) is 1. The summed E-state index contributed by atoms with van der Waals surface area (Å²) in [5, 5.41) is 19.7. The zero-order valence-corrected chi connectivity index (χ0v) is 14.2. The van der Waals surface area contributed by atoms with Crippen LogP contribution in [-0.2, 0) is 16.1 Å². The summed E-state index contributed by atoms with van der Waals surface area (Å²) in [5.41, 5.74) is 2.01. The predicted molar refractivity (Wildman–Crippen MR) is 95.0 cm³/mol. The number of benzene rings is 2. The third-order valence-corrected chi connectivity index (χ3v) is 3.90. The van der Waals surface area contributed by atoms with Gasteiger partial charge < -0.3 is 10.4 Å². The number of rotatable bonds is 7. The topological polar surface area (TPSA) is 97.1 Å². The van der Waals surface area contributed by atoms with E-state index in [-0.39, 0.29) is 13.0 Å². The normalized spacial score (nSPS) is 11.7. The molecular weight excluding hydrogens is 351 g/mol. The molecule has 0 bridgehead atoms. The smallest absolute Gasteiger partial charge is 0.305 e. The molecule has 0 spiro atoms. The Kier molecular flexibility index (Phi) is 5.55. The summed E-state index contributed by atoms with van der Waals surface area (Å²) in [5.74, 6) is -1.93. The van der Waals surface area contributed by atoms with Crippen LogP contribution in [0.3, 0.4) is 0 Å². The highest BCUT2D eigenvalue weighted by Gasteiger charge is 2.19. The minimum atomic E-state index is -1.07. The molecule has 1 aromatic heterocycles. The first-order chi connectivity index (χ1) is 13.0. The first-order valence-corrected chi connectivity index (χ1v) is 8.23. The molecule has 0 radical (unpaired) electrons. The van der Waals surface area contributed by atoms with E-state index >= 15 is 0 Å². The van der Waals surface area contributed by atoms with Gasteiger partial charge >= 0.3 is 5.97 Å². The zero-order chi connectivity index (χ0) is 19.2. The van der Waals surface area contributed by atoms with Gasteiger partial charge in [0.25, 0.3) is 0 Å². The fourth-order valence-electron chi connectivity index (χ4n) is 2.63. The van der Waals surface area contributed by atoms with Crippen LogP contribution in [0.25, 0.3) is 11.3 Å². The van der Waals surface area contributed by atoms with Gasteiger partial charge in [0.05, 0.1) is 18.7 Å². The highest BCUT2D eigenvalue weighted by molar-refractivity contribution is 5.77. The molecule has 7 nitrogen and oxygen atoms in total. The van der Waals surface area contributed by atoms with E-state index in [0.717, 1.165) is 5.56 Å². The Morgan fingerprint density at radius 3 is 2.48 bits per heavy atom. The maximum atomic E-state index is 13.1. The summed E-state index contributed by atoms with van der Waals surface area (Å²) in [7, 11) is 0. The van der Waals surface area contributed by atoms with Crippen LogP contribution in [0.1, 0.15) is 18.0 Å². The fraction of sp³-hybridized carbons (Fsp3) is 0.158. The second kappa shape index (κ2) is 8.22. The van der Waals surface area contributed by atoms with Crippen molar-refractivity contribution in [3.63, 3.8) is 0 Å². The number of amides is 1. The molecule has 138 valence electrons. The number of carbonyl (C=O) groups is 2. The average Bonchev–Trinajstić information content (AvgIpc) is 3.10. The lowest BCUT2D eigenvalue weighted by atomic mass is 10.0. The molecule has 2 aromatic carbocycles. The molecule has 0 aliphatic carbocycles. The van der Waals surface area contributed by atoms with Crippen molar-refractivity contribution in [3.05, 3.63) is 72.2 Å². The quantitative estimate of drug-likeness (QED) is 0.668. The summed E-state index contributed by atoms with van der Waals surface area (Å²) in [4.78, 5) is 23.4. The van der Waals surface area contributed by atoms with Crippen LogP contribution in [0, 0.1) is 5.82 Å². The van der Waals surface area contributed by atoms with Crippen LogP contribution in [-0.4, -0.2) is 32.0 Å². The zero-order valence-electron chi connectivity index (χ0n) is 14.2. The van der Waals surface area contributed by atoms with Crippen LogP contribution in [0.4, 0.5) is 4.39 Å². The van der Waals surface area contributed by atoms with Gasteiger partial charge in [0.15, 0.2) is 0 Å². The summed E-state index contributed by atoms with van der Waals surface area (Å²) in [6.45, 7) is -0.114. The van der Waals surface area contributed by atoms with Gasteiger partial charge in [-0.05, 0) is 17.7 Å². The van der Waals surface area contributed by atoms with Crippen LogP contribution in [0.2, 0.25) is 0 Å². The molecule has 0 aliphatic rings. The number of halogens is 1. The lowest BCUT2D eigenvalue weighted by molar-refractivity contribution is -0.137. The summed E-state index contributed by atoms with van der Waals surface area (Å²) in [6, 6.07) is 14.0. The number of aliphatic carboxylic acids is 1. The summed E-state index contributed by atoms with van der Waals surface area (Å²) in [6.07, 6.45) is 1.32. The third-order valence-electron chi connectivity index (χ3n) is 3.90. The molecule has 3 rings (SSSR count). The molecule has 0 fully saturated rings. The van der Waals surface area contributed by atoms with Crippen molar-refractivity contribution in [2.45, 2.75) is 19.0 Å². The molecule has 1 unspecified atom stereocenters. The van der Waals surface area contributed by atoms with E-state index in [4.69, 9.17) is 5.11 Å². The van der Waals surface area contributed by atoms with Gasteiger partial charge in [-0.15, -0.1) is 5.10 Å². The van der Waals surface area contributed by atoms with E-state index < -0.39 is 23.7 Å². The molecule has 8 heteroatoms. The van der Waals surface area contributed by atoms with Crippen molar-refractivity contribution in [3.8, 4) is 11.3 Å². The van der Waals surface area contributed by atoms with Gasteiger partial charge in [0.1, 0.15) is 18.1 Å². The predicted octanol–water partition coefficient (Wildman–Crippen LogP) is 2.42. The maximum Gasteiger partial charge on any atom is 0.305 e. The third kappa shape index (κ3) is 4.97. The number of nitrogens with zero attached hydrogens (tertiary/aromatic N) is 3. The Hall–Kier alpha value is -3.55. The molecule has 1 heterocycles. The van der Waals surface area contributed by atoms with Gasteiger partial charge in [-0.1, -0.05) is 47.7 Å². The fourth-order valence-corrected chi connectivity index (χ4v) is 2.63. The lowest BCUT2D eigenvalue weighted by Crippen LogP contribution is -2.33. The van der Waals surface area contributed by atoms with Crippen LogP contribution in [0.5, 0.6) is 0 Å². The number of carbonyl (C=O) groups excluding carboxylic acids is 1. The first kappa shape index (κ1) is 18.2. The second-order valence-corrected chi connectivity index (χ2v) is 5.94. The molecule has 27 heavy (non-hydrogen) atoms. The van der Waals surface area contributed by atoms with Crippen molar-refractivity contribution >= 4 is 11.9 Å². The highest BCUT2D eigenvalue weighted by Crippen LogP contribution is 2.18. The van der Waals surface area contributed by atoms with Gasteiger partial charge in [-0.2, -0.15) is 0 Å². The van der Waals surface area contributed by atoms with E-state index in [9.17, 15) is 14.0 Å². The Bertz CT molecular complexity index is 926. The second-order valence-electron chi connectivity index (χ2n) is 5.94. The molecule has 2 N–H and O–H groups in total. The Balaban J connectivity index is 1.68. The monoisotopic (exact) mass is 368 g/mol. The van der Waals surface area contributed by atoms with Gasteiger partial charge in [-0.25, -0.2) is 9.07 Å². The molecule has 0 saturated heterocycles. The number of nitrogens with one attached hydrogen (secondary N) is 1. The average molecular weight is 368 g/mol. The number of hydrogen-bond donors (Lipinski definition) is 2. The minimum Gasteiger partial charge on any atom is -0.481 e. The Labute approximate surface area is 154 Å².